The molecule has 5 heteroatoms. The molecule has 0 aromatic carbocycles. The molecule has 2 aromatic heterocycles. The van der Waals surface area contributed by atoms with Crippen LogP contribution in [0.1, 0.15) is 22.0 Å². The van der Waals surface area contributed by atoms with Gasteiger partial charge in [0.15, 0.2) is 0 Å². The van der Waals surface area contributed by atoms with Crippen LogP contribution in [-0.2, 0) is 17.8 Å². The number of aryl methyl sites for hydroxylation is 1. The number of carbonyl (C=O) groups is 1. The summed E-state index contributed by atoms with van der Waals surface area (Å²) in [5, 5.41) is 13.6. The number of aliphatic hydroxyl groups excluding tert-OH is 1. The molecule has 2 N–H and O–H groups in total. The van der Waals surface area contributed by atoms with Crippen LogP contribution in [-0.4, -0.2) is 17.6 Å². The van der Waals surface area contributed by atoms with Crippen molar-refractivity contribution in [1.82, 2.24) is 5.32 Å². The summed E-state index contributed by atoms with van der Waals surface area (Å²) in [7, 11) is 0. The molecule has 0 saturated carbocycles. The lowest BCUT2D eigenvalue weighted by molar-refractivity contribution is -0.116. The fourth-order valence-electron chi connectivity index (χ4n) is 1.71. The van der Waals surface area contributed by atoms with Crippen molar-refractivity contribution in [3.8, 4) is 0 Å². The van der Waals surface area contributed by atoms with E-state index < -0.39 is 0 Å². The number of furan rings is 1. The largest absolute Gasteiger partial charge is 0.466 e. The van der Waals surface area contributed by atoms with E-state index in [1.54, 1.807) is 6.08 Å². The molecule has 0 atom stereocenters. The van der Waals surface area contributed by atoms with Crippen molar-refractivity contribution in [1.29, 1.82) is 0 Å². The van der Waals surface area contributed by atoms with Gasteiger partial charge in [-0.05, 0) is 42.1 Å². The first-order valence-corrected chi connectivity index (χ1v) is 7.25. The molecule has 0 fully saturated rings. The van der Waals surface area contributed by atoms with Crippen LogP contribution >= 0.6 is 11.3 Å². The van der Waals surface area contributed by atoms with Gasteiger partial charge in [0.05, 0.1) is 6.61 Å². The van der Waals surface area contributed by atoms with E-state index in [1.165, 1.54) is 17.4 Å². The molecule has 2 rings (SSSR count). The van der Waals surface area contributed by atoms with Crippen molar-refractivity contribution < 1.29 is 14.3 Å². The van der Waals surface area contributed by atoms with Gasteiger partial charge < -0.3 is 14.8 Å². The predicted molar refractivity (Wildman–Crippen MR) is 79.4 cm³/mol. The summed E-state index contributed by atoms with van der Waals surface area (Å²) < 4.78 is 5.42. The summed E-state index contributed by atoms with van der Waals surface area (Å²) in [4.78, 5) is 12.6. The van der Waals surface area contributed by atoms with E-state index in [0.717, 1.165) is 22.0 Å². The molecule has 4 nitrogen and oxygen atoms in total. The van der Waals surface area contributed by atoms with Crippen molar-refractivity contribution in [2.75, 3.05) is 6.54 Å². The van der Waals surface area contributed by atoms with Gasteiger partial charge in [0.25, 0.3) is 0 Å². The molecule has 2 heterocycles. The highest BCUT2D eigenvalue weighted by molar-refractivity contribution is 7.11. The highest BCUT2D eigenvalue weighted by Gasteiger charge is 2.00. The third-order valence-electron chi connectivity index (χ3n) is 2.72. The van der Waals surface area contributed by atoms with E-state index in [9.17, 15) is 4.79 Å². The van der Waals surface area contributed by atoms with E-state index in [1.807, 2.05) is 30.5 Å². The monoisotopic (exact) mass is 291 g/mol. The smallest absolute Gasteiger partial charge is 0.244 e. The number of rotatable bonds is 6. The fraction of sp³-hybridized carbons (Fsp3) is 0.267. The molecule has 0 unspecified atom stereocenters. The van der Waals surface area contributed by atoms with E-state index in [2.05, 4.69) is 5.32 Å². The van der Waals surface area contributed by atoms with Crippen LogP contribution in [0.15, 0.2) is 34.1 Å². The molecule has 0 aliphatic heterocycles. The minimum absolute atomic E-state index is 0.0269. The van der Waals surface area contributed by atoms with Crippen molar-refractivity contribution in [3.05, 3.63) is 51.6 Å². The first-order chi connectivity index (χ1) is 9.67. The molecule has 0 aliphatic rings. The molecule has 0 aliphatic carbocycles. The van der Waals surface area contributed by atoms with Gasteiger partial charge in [-0.25, -0.2) is 0 Å². The van der Waals surface area contributed by atoms with Gasteiger partial charge in [-0.2, -0.15) is 0 Å². The zero-order chi connectivity index (χ0) is 14.4. The first-order valence-electron chi connectivity index (χ1n) is 6.37. The average Bonchev–Trinajstić information content (AvgIpc) is 3.05. The molecule has 0 radical (unpaired) electrons. The number of hydrogen-bond acceptors (Lipinski definition) is 4. The summed E-state index contributed by atoms with van der Waals surface area (Å²) in [6, 6.07) is 5.69. The minimum Gasteiger partial charge on any atom is -0.466 e. The average molecular weight is 291 g/mol. The Hall–Kier alpha value is -1.85. The van der Waals surface area contributed by atoms with Gasteiger partial charge in [-0.15, -0.1) is 11.3 Å². The van der Waals surface area contributed by atoms with Crippen LogP contribution in [0.3, 0.4) is 0 Å². The third-order valence-corrected chi connectivity index (χ3v) is 3.67. The lowest BCUT2D eigenvalue weighted by atomic mass is 10.3. The van der Waals surface area contributed by atoms with Crippen molar-refractivity contribution in [2.45, 2.75) is 20.0 Å². The Morgan fingerprint density at radius 2 is 2.35 bits per heavy atom. The molecule has 0 bridgehead atoms. The second-order valence-electron chi connectivity index (χ2n) is 4.40. The van der Waals surface area contributed by atoms with E-state index in [4.69, 9.17) is 9.52 Å². The minimum atomic E-state index is -0.132. The number of amides is 1. The second kappa shape index (κ2) is 7.07. The number of hydrogen-bond donors (Lipinski definition) is 2. The van der Waals surface area contributed by atoms with Crippen LogP contribution in [0, 0.1) is 6.92 Å². The SMILES string of the molecule is Cc1ccc(CCNC(=O)C=Cc2cc(CO)cs2)o1. The summed E-state index contributed by atoms with van der Waals surface area (Å²) >= 11 is 1.50. The van der Waals surface area contributed by atoms with E-state index in [-0.39, 0.29) is 12.5 Å². The fourth-order valence-corrected chi connectivity index (χ4v) is 2.51. The molecule has 1 amide bonds. The number of nitrogens with one attached hydrogen (secondary N) is 1. The molecule has 0 spiro atoms. The summed E-state index contributed by atoms with van der Waals surface area (Å²) in [6.07, 6.45) is 3.93. The molecule has 20 heavy (non-hydrogen) atoms. The van der Waals surface area contributed by atoms with Gasteiger partial charge in [0.1, 0.15) is 11.5 Å². The molecule has 0 saturated heterocycles. The summed E-state index contributed by atoms with van der Waals surface area (Å²) in [5.74, 6) is 1.62. The predicted octanol–water partition coefficient (Wildman–Crippen LogP) is 2.51. The van der Waals surface area contributed by atoms with Gasteiger partial charge in [-0.3, -0.25) is 4.79 Å². The second-order valence-corrected chi connectivity index (χ2v) is 5.34. The summed E-state index contributed by atoms with van der Waals surface area (Å²) in [5.41, 5.74) is 0.864. The van der Waals surface area contributed by atoms with E-state index in [0.29, 0.717) is 13.0 Å². The Bertz CT molecular complexity index is 598. The molecule has 2 aromatic rings. The standard InChI is InChI=1S/C15H17NO3S/c1-11-2-3-13(19-11)6-7-16-15(18)5-4-14-8-12(9-17)10-20-14/h2-5,8,10,17H,6-7,9H2,1H3,(H,16,18). The van der Waals surface area contributed by atoms with Crippen LogP contribution in [0.2, 0.25) is 0 Å². The normalized spacial score (nSPS) is 11.1. The van der Waals surface area contributed by atoms with Crippen molar-refractivity contribution in [2.24, 2.45) is 0 Å². The number of aliphatic hydroxyl groups is 1. The highest BCUT2D eigenvalue weighted by atomic mass is 32.1. The molecular formula is C15H17NO3S. The maximum Gasteiger partial charge on any atom is 0.244 e. The van der Waals surface area contributed by atoms with Crippen molar-refractivity contribution >= 4 is 23.3 Å². The van der Waals surface area contributed by atoms with Gasteiger partial charge in [0, 0.05) is 23.9 Å². The van der Waals surface area contributed by atoms with E-state index >= 15 is 0 Å². The van der Waals surface area contributed by atoms with Gasteiger partial charge in [-0.1, -0.05) is 0 Å². The van der Waals surface area contributed by atoms with Crippen LogP contribution in [0.4, 0.5) is 0 Å². The Morgan fingerprint density at radius 3 is 3.00 bits per heavy atom. The quantitative estimate of drug-likeness (QED) is 0.804. The topological polar surface area (TPSA) is 62.5 Å². The Balaban J connectivity index is 1.74. The Labute approximate surface area is 121 Å². The number of thiophene rings is 1. The molecule has 106 valence electrons. The Morgan fingerprint density at radius 1 is 1.50 bits per heavy atom. The molecular weight excluding hydrogens is 274 g/mol. The summed E-state index contributed by atoms with van der Waals surface area (Å²) in [6.45, 7) is 2.47. The van der Waals surface area contributed by atoms with Gasteiger partial charge in [0.2, 0.25) is 5.91 Å². The van der Waals surface area contributed by atoms with Crippen LogP contribution in [0.5, 0.6) is 0 Å². The third kappa shape index (κ3) is 4.36. The zero-order valence-corrected chi connectivity index (χ0v) is 12.1. The Kier molecular flexibility index (Phi) is 5.15. The zero-order valence-electron chi connectivity index (χ0n) is 11.3. The van der Waals surface area contributed by atoms with Crippen molar-refractivity contribution in [3.63, 3.8) is 0 Å². The maximum absolute atomic E-state index is 11.6. The van der Waals surface area contributed by atoms with Crippen LogP contribution < -0.4 is 5.32 Å². The number of carbonyl (C=O) groups excluding carboxylic acids is 1. The van der Waals surface area contributed by atoms with Gasteiger partial charge >= 0.3 is 0 Å². The highest BCUT2D eigenvalue weighted by Crippen LogP contribution is 2.15. The first kappa shape index (κ1) is 14.6. The van der Waals surface area contributed by atoms with Crippen LogP contribution in [0.25, 0.3) is 6.08 Å². The lowest BCUT2D eigenvalue weighted by Crippen LogP contribution is -2.23. The maximum atomic E-state index is 11.6. The lowest BCUT2D eigenvalue weighted by Gasteiger charge is -1.99.